The Kier molecular flexibility index (Phi) is 3.21. The summed E-state index contributed by atoms with van der Waals surface area (Å²) in [5, 5.41) is 15.4. The van der Waals surface area contributed by atoms with Crippen molar-refractivity contribution < 1.29 is 4.52 Å². The molecule has 0 fully saturated rings. The van der Waals surface area contributed by atoms with Crippen molar-refractivity contribution in [3.63, 3.8) is 0 Å². The van der Waals surface area contributed by atoms with Gasteiger partial charge in [0.05, 0.1) is 12.2 Å². The standard InChI is InChI=1S/C14H8N8O3/c15-5-8-6-18-22-10(23)4-9(19-12(8)22)7-21-13(20-25-14(21)24)11-16-2-1-3-17-11/h1-4,6,18H,7H2. The first-order chi connectivity index (χ1) is 12.2. The summed E-state index contributed by atoms with van der Waals surface area (Å²) in [6.45, 7) is -0.0856. The molecule has 0 unspecified atom stereocenters. The summed E-state index contributed by atoms with van der Waals surface area (Å²) in [5.74, 6) is -0.424. The molecule has 0 atom stereocenters. The monoisotopic (exact) mass is 336 g/mol. The topological polar surface area (TPSA) is 148 Å². The van der Waals surface area contributed by atoms with Crippen LogP contribution in [0.4, 0.5) is 0 Å². The van der Waals surface area contributed by atoms with Crippen LogP contribution < -0.4 is 11.3 Å². The Labute approximate surface area is 137 Å². The predicted molar refractivity (Wildman–Crippen MR) is 81.4 cm³/mol. The minimum absolute atomic E-state index is 0.0856. The zero-order chi connectivity index (χ0) is 17.4. The van der Waals surface area contributed by atoms with E-state index in [0.717, 1.165) is 9.08 Å². The number of aromatic nitrogens is 7. The molecule has 0 aliphatic rings. The van der Waals surface area contributed by atoms with Crippen molar-refractivity contribution in [3.05, 3.63) is 62.9 Å². The van der Waals surface area contributed by atoms with Crippen LogP contribution in [0.3, 0.4) is 0 Å². The van der Waals surface area contributed by atoms with Crippen LogP contribution in [0.15, 0.2) is 44.8 Å². The first-order valence-corrected chi connectivity index (χ1v) is 7.01. The SMILES string of the molecule is N#Cc1c[nH]n2c(=O)cc(Cn3c(-c4ncccn4)noc3=O)nc12. The summed E-state index contributed by atoms with van der Waals surface area (Å²) in [4.78, 5) is 36.4. The van der Waals surface area contributed by atoms with E-state index in [-0.39, 0.29) is 35.1 Å². The van der Waals surface area contributed by atoms with E-state index in [4.69, 9.17) is 5.26 Å². The van der Waals surface area contributed by atoms with E-state index < -0.39 is 11.3 Å². The lowest BCUT2D eigenvalue weighted by molar-refractivity contribution is 0.378. The molecule has 0 saturated carbocycles. The Hall–Kier alpha value is -4.07. The second-order valence-corrected chi connectivity index (χ2v) is 4.97. The van der Waals surface area contributed by atoms with Crippen LogP contribution in [-0.2, 0) is 6.54 Å². The maximum absolute atomic E-state index is 12.1. The number of fused-ring (bicyclic) bond motifs is 1. The highest BCUT2D eigenvalue weighted by Crippen LogP contribution is 2.11. The predicted octanol–water partition coefficient (Wildman–Crippen LogP) is -0.451. The van der Waals surface area contributed by atoms with Gasteiger partial charge in [0.15, 0.2) is 11.5 Å². The van der Waals surface area contributed by atoms with Crippen molar-refractivity contribution >= 4 is 5.65 Å². The van der Waals surface area contributed by atoms with Crippen molar-refractivity contribution in [2.24, 2.45) is 0 Å². The van der Waals surface area contributed by atoms with Gasteiger partial charge in [-0.25, -0.2) is 28.8 Å². The van der Waals surface area contributed by atoms with E-state index in [1.54, 1.807) is 6.07 Å². The quantitative estimate of drug-likeness (QED) is 0.529. The van der Waals surface area contributed by atoms with Gasteiger partial charge in [-0.15, -0.1) is 0 Å². The number of nitrogens with zero attached hydrogens (tertiary/aromatic N) is 7. The molecule has 0 amide bonds. The Morgan fingerprint density at radius 1 is 1.28 bits per heavy atom. The summed E-state index contributed by atoms with van der Waals surface area (Å²) in [6, 6.07) is 4.81. The number of rotatable bonds is 3. The average molecular weight is 336 g/mol. The van der Waals surface area contributed by atoms with Crippen molar-refractivity contribution in [3.8, 4) is 17.7 Å². The maximum atomic E-state index is 12.1. The van der Waals surface area contributed by atoms with Crippen molar-refractivity contribution in [2.45, 2.75) is 6.54 Å². The maximum Gasteiger partial charge on any atom is 0.442 e. The molecule has 4 rings (SSSR count). The molecule has 0 spiro atoms. The second kappa shape index (κ2) is 5.53. The highest BCUT2D eigenvalue weighted by atomic mass is 16.5. The molecule has 0 aromatic carbocycles. The van der Waals surface area contributed by atoms with Gasteiger partial charge in [0.25, 0.3) is 5.56 Å². The number of hydrogen-bond acceptors (Lipinski definition) is 8. The molecule has 1 N–H and O–H groups in total. The number of nitrogens with one attached hydrogen (secondary N) is 1. The van der Waals surface area contributed by atoms with Crippen LogP contribution in [0.1, 0.15) is 11.3 Å². The number of aromatic amines is 1. The molecule has 4 aromatic heterocycles. The summed E-state index contributed by atoms with van der Waals surface area (Å²) < 4.78 is 6.98. The van der Waals surface area contributed by atoms with Gasteiger partial charge < -0.3 is 0 Å². The minimum Gasteiger partial charge on any atom is -0.295 e. The normalized spacial score (nSPS) is 10.8. The van der Waals surface area contributed by atoms with Gasteiger partial charge in [0.2, 0.25) is 5.82 Å². The van der Waals surface area contributed by atoms with Gasteiger partial charge in [0.1, 0.15) is 11.6 Å². The van der Waals surface area contributed by atoms with E-state index in [1.165, 1.54) is 24.7 Å². The fraction of sp³-hybridized carbons (Fsp3) is 0.0714. The minimum atomic E-state index is -0.737. The van der Waals surface area contributed by atoms with Crippen LogP contribution in [0.25, 0.3) is 17.3 Å². The lowest BCUT2D eigenvalue weighted by Crippen LogP contribution is -2.21. The lowest BCUT2D eigenvalue weighted by Gasteiger charge is -2.03. The van der Waals surface area contributed by atoms with Crippen LogP contribution >= 0.6 is 0 Å². The Bertz CT molecular complexity index is 1220. The Balaban J connectivity index is 1.83. The third-order valence-corrected chi connectivity index (χ3v) is 3.44. The largest absolute Gasteiger partial charge is 0.442 e. The van der Waals surface area contributed by atoms with Crippen molar-refractivity contribution in [1.82, 2.24) is 34.3 Å². The van der Waals surface area contributed by atoms with Gasteiger partial charge in [-0.2, -0.15) is 5.26 Å². The van der Waals surface area contributed by atoms with E-state index >= 15 is 0 Å². The fourth-order valence-corrected chi connectivity index (χ4v) is 2.34. The van der Waals surface area contributed by atoms with Crippen LogP contribution in [0.2, 0.25) is 0 Å². The smallest absolute Gasteiger partial charge is 0.295 e. The molecule has 11 nitrogen and oxygen atoms in total. The zero-order valence-corrected chi connectivity index (χ0v) is 12.4. The van der Waals surface area contributed by atoms with Crippen molar-refractivity contribution in [2.75, 3.05) is 0 Å². The Morgan fingerprint density at radius 3 is 2.84 bits per heavy atom. The molecule has 0 aliphatic heterocycles. The molecule has 0 aliphatic carbocycles. The fourth-order valence-electron chi connectivity index (χ4n) is 2.34. The first-order valence-electron chi connectivity index (χ1n) is 7.01. The van der Waals surface area contributed by atoms with Gasteiger partial charge in [-0.05, 0) is 6.07 Å². The summed E-state index contributed by atoms with van der Waals surface area (Å²) in [6.07, 6.45) is 4.38. The third kappa shape index (κ3) is 2.38. The highest BCUT2D eigenvalue weighted by molar-refractivity contribution is 5.53. The van der Waals surface area contributed by atoms with E-state index in [0.29, 0.717) is 0 Å². The van der Waals surface area contributed by atoms with Gasteiger partial charge in [0, 0.05) is 24.7 Å². The molecular formula is C14H8N8O3. The Morgan fingerprint density at radius 2 is 2.08 bits per heavy atom. The van der Waals surface area contributed by atoms with E-state index in [9.17, 15) is 9.59 Å². The van der Waals surface area contributed by atoms with Crippen LogP contribution in [0, 0.1) is 11.3 Å². The number of nitriles is 1. The number of hydrogen-bond donors (Lipinski definition) is 1. The summed E-state index contributed by atoms with van der Waals surface area (Å²) >= 11 is 0. The van der Waals surface area contributed by atoms with Gasteiger partial charge in [-0.1, -0.05) is 5.16 Å². The lowest BCUT2D eigenvalue weighted by atomic mass is 10.3. The van der Waals surface area contributed by atoms with E-state index in [1.807, 2.05) is 6.07 Å². The van der Waals surface area contributed by atoms with Crippen LogP contribution in [-0.4, -0.2) is 34.3 Å². The van der Waals surface area contributed by atoms with Crippen LogP contribution in [0.5, 0.6) is 0 Å². The summed E-state index contributed by atoms with van der Waals surface area (Å²) in [7, 11) is 0. The molecule has 4 heterocycles. The van der Waals surface area contributed by atoms with Crippen molar-refractivity contribution in [1.29, 1.82) is 5.26 Å². The molecule has 0 saturated heterocycles. The van der Waals surface area contributed by atoms with Gasteiger partial charge in [-0.3, -0.25) is 14.4 Å². The third-order valence-electron chi connectivity index (χ3n) is 3.44. The first kappa shape index (κ1) is 14.5. The highest BCUT2D eigenvalue weighted by Gasteiger charge is 2.17. The molecule has 25 heavy (non-hydrogen) atoms. The molecule has 11 heteroatoms. The number of H-pyrrole nitrogens is 1. The second-order valence-electron chi connectivity index (χ2n) is 4.97. The summed E-state index contributed by atoms with van der Waals surface area (Å²) in [5.41, 5.74) is 0.238. The molecule has 122 valence electrons. The molecule has 0 radical (unpaired) electrons. The molecule has 4 aromatic rings. The molecule has 0 bridgehead atoms. The molecular weight excluding hydrogens is 328 g/mol. The zero-order valence-electron chi connectivity index (χ0n) is 12.4. The van der Waals surface area contributed by atoms with E-state index in [2.05, 4.69) is 29.7 Å². The van der Waals surface area contributed by atoms with Gasteiger partial charge >= 0.3 is 5.76 Å². The average Bonchev–Trinajstić information content (AvgIpc) is 3.20.